The standard InChI is InChI=1S/C19H23NO6/c1-18(2,3)26-17(24)20-11-15(22)19(12-20,16(23)25-4)10-14(21)13-8-6-5-7-9-13/h5-9H,10-12H2,1-4H3. The fourth-order valence-corrected chi connectivity index (χ4v) is 2.85. The Labute approximate surface area is 152 Å². The van der Waals surface area contributed by atoms with Crippen LogP contribution in [0, 0.1) is 5.41 Å². The number of hydrogen-bond donors (Lipinski definition) is 0. The topological polar surface area (TPSA) is 90.0 Å². The van der Waals surface area contributed by atoms with Gasteiger partial charge >= 0.3 is 12.1 Å². The van der Waals surface area contributed by atoms with E-state index in [-0.39, 0.29) is 25.3 Å². The van der Waals surface area contributed by atoms with E-state index in [4.69, 9.17) is 9.47 Å². The van der Waals surface area contributed by atoms with Crippen molar-refractivity contribution in [3.8, 4) is 0 Å². The molecule has 1 amide bonds. The minimum Gasteiger partial charge on any atom is -0.468 e. The Bertz CT molecular complexity index is 721. The molecule has 7 heteroatoms. The highest BCUT2D eigenvalue weighted by atomic mass is 16.6. The Balaban J connectivity index is 2.27. The van der Waals surface area contributed by atoms with Crippen LogP contribution >= 0.6 is 0 Å². The van der Waals surface area contributed by atoms with Crippen molar-refractivity contribution in [2.45, 2.75) is 32.8 Å². The smallest absolute Gasteiger partial charge is 0.410 e. The Kier molecular flexibility index (Phi) is 5.49. The van der Waals surface area contributed by atoms with Gasteiger partial charge in [0.15, 0.2) is 17.0 Å². The van der Waals surface area contributed by atoms with Crippen LogP contribution in [-0.4, -0.2) is 54.3 Å². The Hall–Kier alpha value is -2.70. The van der Waals surface area contributed by atoms with Gasteiger partial charge in [0.2, 0.25) is 0 Å². The van der Waals surface area contributed by atoms with Crippen LogP contribution in [0.2, 0.25) is 0 Å². The largest absolute Gasteiger partial charge is 0.468 e. The van der Waals surface area contributed by atoms with Crippen LogP contribution in [0.5, 0.6) is 0 Å². The number of carbonyl (C=O) groups is 4. The third-order valence-corrected chi connectivity index (χ3v) is 4.11. The molecule has 1 aromatic carbocycles. The van der Waals surface area contributed by atoms with Gasteiger partial charge in [-0.3, -0.25) is 19.3 Å². The van der Waals surface area contributed by atoms with Crippen molar-refractivity contribution in [3.63, 3.8) is 0 Å². The van der Waals surface area contributed by atoms with Gasteiger partial charge in [-0.2, -0.15) is 0 Å². The highest BCUT2D eigenvalue weighted by molar-refractivity contribution is 6.12. The van der Waals surface area contributed by atoms with Crippen molar-refractivity contribution in [2.24, 2.45) is 5.41 Å². The molecule has 1 saturated heterocycles. The molecule has 0 aliphatic carbocycles. The van der Waals surface area contributed by atoms with E-state index in [1.54, 1.807) is 51.1 Å². The first-order valence-corrected chi connectivity index (χ1v) is 8.27. The zero-order valence-corrected chi connectivity index (χ0v) is 15.4. The zero-order valence-electron chi connectivity index (χ0n) is 15.4. The molecule has 7 nitrogen and oxygen atoms in total. The summed E-state index contributed by atoms with van der Waals surface area (Å²) in [5.74, 6) is -1.72. The summed E-state index contributed by atoms with van der Waals surface area (Å²) in [7, 11) is 1.15. The second-order valence-electron chi connectivity index (χ2n) is 7.30. The number of nitrogens with zero attached hydrogens (tertiary/aromatic N) is 1. The molecule has 1 atom stereocenters. The van der Waals surface area contributed by atoms with Crippen LogP contribution in [0.25, 0.3) is 0 Å². The molecule has 0 radical (unpaired) electrons. The number of benzene rings is 1. The SMILES string of the molecule is COC(=O)C1(CC(=O)c2ccccc2)CN(C(=O)OC(C)(C)C)CC1=O. The summed E-state index contributed by atoms with van der Waals surface area (Å²) in [6, 6.07) is 8.37. The van der Waals surface area contributed by atoms with Crippen molar-refractivity contribution in [2.75, 3.05) is 20.2 Å². The summed E-state index contributed by atoms with van der Waals surface area (Å²) in [5, 5.41) is 0. The van der Waals surface area contributed by atoms with E-state index in [9.17, 15) is 19.2 Å². The molecule has 0 N–H and O–H groups in total. The number of ether oxygens (including phenoxy) is 2. The van der Waals surface area contributed by atoms with Gasteiger partial charge in [-0.05, 0) is 20.8 Å². The van der Waals surface area contributed by atoms with Crippen molar-refractivity contribution >= 4 is 23.6 Å². The lowest BCUT2D eigenvalue weighted by Crippen LogP contribution is -2.43. The predicted molar refractivity (Wildman–Crippen MR) is 92.7 cm³/mol. The molecule has 140 valence electrons. The molecule has 0 aromatic heterocycles. The maximum absolute atomic E-state index is 12.6. The van der Waals surface area contributed by atoms with E-state index >= 15 is 0 Å². The molecule has 1 fully saturated rings. The van der Waals surface area contributed by atoms with Gasteiger partial charge < -0.3 is 9.47 Å². The first-order chi connectivity index (χ1) is 12.1. The number of likely N-dealkylation sites (tertiary alicyclic amines) is 1. The number of methoxy groups -OCH3 is 1. The lowest BCUT2D eigenvalue weighted by molar-refractivity contribution is -0.155. The highest BCUT2D eigenvalue weighted by Gasteiger charge is 2.55. The summed E-state index contributed by atoms with van der Waals surface area (Å²) in [4.78, 5) is 51.0. The molecule has 0 bridgehead atoms. The molecular weight excluding hydrogens is 338 g/mol. The summed E-state index contributed by atoms with van der Waals surface area (Å²) in [6.45, 7) is 4.57. The average molecular weight is 361 g/mol. The second-order valence-corrected chi connectivity index (χ2v) is 7.30. The lowest BCUT2D eigenvalue weighted by atomic mass is 9.79. The number of carbonyl (C=O) groups excluding carboxylic acids is 4. The van der Waals surface area contributed by atoms with Crippen LogP contribution in [0.3, 0.4) is 0 Å². The summed E-state index contributed by atoms with van der Waals surface area (Å²) in [6.07, 6.45) is -1.06. The quantitative estimate of drug-likeness (QED) is 0.464. The summed E-state index contributed by atoms with van der Waals surface area (Å²) < 4.78 is 10.0. The molecule has 0 saturated carbocycles. The normalized spacial score (nSPS) is 20.0. The fraction of sp³-hybridized carbons (Fsp3) is 0.474. The average Bonchev–Trinajstić information content (AvgIpc) is 2.91. The number of hydrogen-bond acceptors (Lipinski definition) is 6. The molecule has 1 aliphatic rings. The van der Waals surface area contributed by atoms with Gasteiger partial charge in [0.05, 0.1) is 13.7 Å². The third kappa shape index (κ3) is 4.09. The first kappa shape index (κ1) is 19.6. The number of esters is 1. The summed E-state index contributed by atoms with van der Waals surface area (Å²) in [5.41, 5.74) is -2.06. The Morgan fingerprint density at radius 1 is 1.15 bits per heavy atom. The zero-order chi connectivity index (χ0) is 19.5. The van der Waals surface area contributed by atoms with Gasteiger partial charge in [0, 0.05) is 18.5 Å². The molecule has 26 heavy (non-hydrogen) atoms. The van der Waals surface area contributed by atoms with E-state index in [1.165, 1.54) is 0 Å². The monoisotopic (exact) mass is 361 g/mol. The van der Waals surface area contributed by atoms with Crippen molar-refractivity contribution in [1.82, 2.24) is 4.90 Å². The molecule has 1 aromatic rings. The fourth-order valence-electron chi connectivity index (χ4n) is 2.85. The second kappa shape index (κ2) is 7.27. The molecular formula is C19H23NO6. The van der Waals surface area contributed by atoms with Crippen molar-refractivity contribution in [1.29, 1.82) is 0 Å². The lowest BCUT2D eigenvalue weighted by Gasteiger charge is -2.26. The van der Waals surface area contributed by atoms with Crippen LogP contribution < -0.4 is 0 Å². The minimum atomic E-state index is -1.71. The molecule has 1 unspecified atom stereocenters. The van der Waals surface area contributed by atoms with E-state index < -0.39 is 28.9 Å². The third-order valence-electron chi connectivity index (χ3n) is 4.11. The Morgan fingerprint density at radius 3 is 2.31 bits per heavy atom. The van der Waals surface area contributed by atoms with Gasteiger partial charge in [-0.15, -0.1) is 0 Å². The molecule has 1 heterocycles. The molecule has 1 aliphatic heterocycles. The van der Waals surface area contributed by atoms with E-state index in [1.807, 2.05) is 0 Å². The van der Waals surface area contributed by atoms with Crippen LogP contribution in [-0.2, 0) is 19.1 Å². The minimum absolute atomic E-state index is 0.244. The number of amides is 1. The summed E-state index contributed by atoms with van der Waals surface area (Å²) >= 11 is 0. The first-order valence-electron chi connectivity index (χ1n) is 8.27. The van der Waals surface area contributed by atoms with Gasteiger partial charge in [-0.25, -0.2) is 4.79 Å². The predicted octanol–water partition coefficient (Wildman–Crippen LogP) is 2.24. The van der Waals surface area contributed by atoms with Crippen molar-refractivity contribution < 1.29 is 28.7 Å². The molecule has 0 spiro atoms. The van der Waals surface area contributed by atoms with Gasteiger partial charge in [0.25, 0.3) is 0 Å². The number of Topliss-reactive ketones (excluding diaryl/α,β-unsaturated/α-hetero) is 2. The van der Waals surface area contributed by atoms with Gasteiger partial charge in [-0.1, -0.05) is 30.3 Å². The van der Waals surface area contributed by atoms with Crippen LogP contribution in [0.15, 0.2) is 30.3 Å². The van der Waals surface area contributed by atoms with Gasteiger partial charge in [0.1, 0.15) is 5.60 Å². The Morgan fingerprint density at radius 2 is 1.77 bits per heavy atom. The molecule has 2 rings (SSSR count). The maximum atomic E-state index is 12.6. The number of rotatable bonds is 4. The van der Waals surface area contributed by atoms with E-state index in [0.717, 1.165) is 12.0 Å². The highest BCUT2D eigenvalue weighted by Crippen LogP contribution is 2.34. The van der Waals surface area contributed by atoms with E-state index in [0.29, 0.717) is 5.56 Å². The number of ketones is 2. The van der Waals surface area contributed by atoms with Crippen LogP contribution in [0.1, 0.15) is 37.6 Å². The maximum Gasteiger partial charge on any atom is 0.410 e. The van der Waals surface area contributed by atoms with E-state index in [2.05, 4.69) is 0 Å². The van der Waals surface area contributed by atoms with Crippen molar-refractivity contribution in [3.05, 3.63) is 35.9 Å². The van der Waals surface area contributed by atoms with Crippen LogP contribution in [0.4, 0.5) is 4.79 Å².